The lowest BCUT2D eigenvalue weighted by Crippen LogP contribution is -2.24. The smallest absolute Gasteiger partial charge is 0.319 e. The lowest BCUT2D eigenvalue weighted by atomic mass is 10.0. The summed E-state index contributed by atoms with van der Waals surface area (Å²) in [7, 11) is 1.58. The minimum Gasteiger partial charge on any atom is -0.354 e. The van der Waals surface area contributed by atoms with Crippen molar-refractivity contribution >= 4 is 34.7 Å². The van der Waals surface area contributed by atoms with E-state index in [0.717, 1.165) is 22.5 Å². The highest BCUT2D eigenvalue weighted by atomic mass is 35.5. The third kappa shape index (κ3) is 3.98. The van der Waals surface area contributed by atoms with E-state index in [1.54, 1.807) is 7.05 Å². The van der Waals surface area contributed by atoms with Gasteiger partial charge in [0.25, 0.3) is 0 Å². The summed E-state index contributed by atoms with van der Waals surface area (Å²) in [5.41, 5.74) is 5.60. The van der Waals surface area contributed by atoms with Crippen molar-refractivity contribution in [3.63, 3.8) is 0 Å². The summed E-state index contributed by atoms with van der Waals surface area (Å²) in [5, 5.41) is 9.32. The molecule has 0 aliphatic carbocycles. The maximum absolute atomic E-state index is 11.6. The van der Waals surface area contributed by atoms with E-state index >= 15 is 0 Å². The molecule has 3 aromatic rings. The van der Waals surface area contributed by atoms with Gasteiger partial charge in [-0.05, 0) is 42.3 Å². The fourth-order valence-electron chi connectivity index (χ4n) is 2.73. The van der Waals surface area contributed by atoms with Gasteiger partial charge < -0.3 is 16.0 Å². The molecule has 26 heavy (non-hydrogen) atoms. The van der Waals surface area contributed by atoms with Crippen molar-refractivity contribution in [1.82, 2.24) is 5.32 Å². The van der Waals surface area contributed by atoms with Crippen LogP contribution in [0, 0.1) is 6.92 Å². The van der Waals surface area contributed by atoms with Crippen LogP contribution in [0.5, 0.6) is 0 Å². The number of carbonyl (C=O) groups excluding carboxylic acids is 1. The molecule has 0 saturated carbocycles. The Balaban J connectivity index is 1.88. The van der Waals surface area contributed by atoms with Crippen molar-refractivity contribution in [2.45, 2.75) is 6.92 Å². The van der Waals surface area contributed by atoms with Gasteiger partial charge in [0.1, 0.15) is 0 Å². The summed E-state index contributed by atoms with van der Waals surface area (Å²) in [5.74, 6) is 0. The molecule has 4 nitrogen and oxygen atoms in total. The monoisotopic (exact) mass is 365 g/mol. The molecule has 0 spiro atoms. The number of rotatable bonds is 4. The second-order valence-electron chi connectivity index (χ2n) is 5.88. The normalized spacial score (nSPS) is 10.3. The first-order valence-electron chi connectivity index (χ1n) is 8.29. The van der Waals surface area contributed by atoms with E-state index < -0.39 is 0 Å². The highest BCUT2D eigenvalue weighted by Crippen LogP contribution is 2.34. The maximum Gasteiger partial charge on any atom is 0.319 e. The van der Waals surface area contributed by atoms with Gasteiger partial charge in [-0.2, -0.15) is 0 Å². The molecular weight excluding hydrogens is 346 g/mol. The molecule has 2 amide bonds. The average Bonchev–Trinajstić information content (AvgIpc) is 2.64. The highest BCUT2D eigenvalue weighted by Gasteiger charge is 2.09. The minimum atomic E-state index is -0.271. The van der Waals surface area contributed by atoms with Crippen molar-refractivity contribution in [3.8, 4) is 11.1 Å². The largest absolute Gasteiger partial charge is 0.354 e. The van der Waals surface area contributed by atoms with Gasteiger partial charge in [0.2, 0.25) is 0 Å². The van der Waals surface area contributed by atoms with Crippen LogP contribution >= 0.6 is 11.6 Å². The zero-order valence-corrected chi connectivity index (χ0v) is 15.4. The number of aryl methyl sites for hydroxylation is 1. The fraction of sp³-hybridized carbons (Fsp3) is 0.0952. The van der Waals surface area contributed by atoms with Crippen molar-refractivity contribution in [3.05, 3.63) is 77.3 Å². The van der Waals surface area contributed by atoms with E-state index in [1.165, 1.54) is 5.56 Å². The van der Waals surface area contributed by atoms with E-state index in [0.29, 0.717) is 10.7 Å². The predicted molar refractivity (Wildman–Crippen MR) is 109 cm³/mol. The van der Waals surface area contributed by atoms with Crippen LogP contribution in [0.3, 0.4) is 0 Å². The molecule has 0 bridgehead atoms. The number of halogens is 1. The molecule has 0 radical (unpaired) electrons. The van der Waals surface area contributed by atoms with Crippen molar-refractivity contribution < 1.29 is 4.79 Å². The number of nitrogens with one attached hydrogen (secondary N) is 3. The molecule has 5 heteroatoms. The van der Waals surface area contributed by atoms with Gasteiger partial charge in [-0.1, -0.05) is 54.1 Å². The van der Waals surface area contributed by atoms with Crippen molar-refractivity contribution in [1.29, 1.82) is 0 Å². The molecule has 0 saturated heterocycles. The number of carbonyl (C=O) groups is 1. The van der Waals surface area contributed by atoms with Gasteiger partial charge in [-0.15, -0.1) is 0 Å². The summed E-state index contributed by atoms with van der Waals surface area (Å²) >= 11 is 6.53. The molecule has 132 valence electrons. The number of hydrogen-bond acceptors (Lipinski definition) is 2. The summed E-state index contributed by atoms with van der Waals surface area (Å²) in [6.07, 6.45) is 0. The first-order chi connectivity index (χ1) is 12.6. The average molecular weight is 366 g/mol. The third-order valence-electron chi connectivity index (χ3n) is 4.09. The molecule has 0 aliphatic rings. The zero-order valence-electron chi connectivity index (χ0n) is 14.6. The van der Waals surface area contributed by atoms with E-state index in [2.05, 4.69) is 35.0 Å². The van der Waals surface area contributed by atoms with E-state index in [1.807, 2.05) is 54.6 Å². The summed E-state index contributed by atoms with van der Waals surface area (Å²) < 4.78 is 0. The fourth-order valence-corrected chi connectivity index (χ4v) is 3.01. The molecule has 3 rings (SSSR count). The van der Waals surface area contributed by atoms with Crippen LogP contribution in [0.15, 0.2) is 66.7 Å². The number of urea groups is 1. The van der Waals surface area contributed by atoms with Gasteiger partial charge in [0.05, 0.1) is 16.4 Å². The van der Waals surface area contributed by atoms with Crippen LogP contribution in [-0.2, 0) is 0 Å². The Hall–Kier alpha value is -2.98. The number of anilines is 3. The molecule has 0 aromatic heterocycles. The number of benzene rings is 3. The Bertz CT molecular complexity index is 940. The second kappa shape index (κ2) is 7.93. The molecular formula is C21H20ClN3O. The van der Waals surface area contributed by atoms with Crippen LogP contribution in [0.1, 0.15) is 5.56 Å². The SMILES string of the molecule is CNC(=O)Nc1ccccc1Nc1ccc(-c2ccccc2C)c(Cl)c1. The lowest BCUT2D eigenvalue weighted by molar-refractivity contribution is 0.254. The minimum absolute atomic E-state index is 0.271. The van der Waals surface area contributed by atoms with Crippen molar-refractivity contribution in [2.75, 3.05) is 17.7 Å². The van der Waals surface area contributed by atoms with Crippen LogP contribution in [0.2, 0.25) is 5.02 Å². The Kier molecular flexibility index (Phi) is 5.44. The van der Waals surface area contributed by atoms with Crippen molar-refractivity contribution in [2.24, 2.45) is 0 Å². The third-order valence-corrected chi connectivity index (χ3v) is 4.40. The highest BCUT2D eigenvalue weighted by molar-refractivity contribution is 6.33. The Morgan fingerprint density at radius 3 is 2.27 bits per heavy atom. The van der Waals surface area contributed by atoms with E-state index in [-0.39, 0.29) is 6.03 Å². The van der Waals surface area contributed by atoms with Crippen LogP contribution in [-0.4, -0.2) is 13.1 Å². The second-order valence-corrected chi connectivity index (χ2v) is 6.29. The molecule has 3 N–H and O–H groups in total. The Labute approximate surface area is 158 Å². The van der Waals surface area contributed by atoms with Gasteiger partial charge >= 0.3 is 6.03 Å². The summed E-state index contributed by atoms with van der Waals surface area (Å²) in [4.78, 5) is 11.6. The van der Waals surface area contributed by atoms with E-state index in [9.17, 15) is 4.79 Å². The molecule has 0 heterocycles. The van der Waals surface area contributed by atoms with Crippen LogP contribution < -0.4 is 16.0 Å². The molecule has 0 aliphatic heterocycles. The maximum atomic E-state index is 11.6. The quantitative estimate of drug-likeness (QED) is 0.546. The van der Waals surface area contributed by atoms with Gasteiger partial charge in [-0.25, -0.2) is 4.79 Å². The lowest BCUT2D eigenvalue weighted by Gasteiger charge is -2.14. The first kappa shape index (κ1) is 17.8. The molecule has 0 unspecified atom stereocenters. The Morgan fingerprint density at radius 2 is 1.58 bits per heavy atom. The van der Waals surface area contributed by atoms with Gasteiger partial charge in [0.15, 0.2) is 0 Å². The van der Waals surface area contributed by atoms with Crippen LogP contribution in [0.25, 0.3) is 11.1 Å². The Morgan fingerprint density at radius 1 is 0.885 bits per heavy atom. The topological polar surface area (TPSA) is 53.2 Å². The summed E-state index contributed by atoms with van der Waals surface area (Å²) in [6.45, 7) is 2.07. The standard InChI is InChI=1S/C21H20ClN3O/c1-14-7-3-4-8-16(14)17-12-11-15(13-18(17)22)24-19-9-5-6-10-20(19)25-21(26)23-2/h3-13,24H,1-2H3,(H2,23,25,26). The number of para-hydroxylation sites is 2. The molecule has 0 atom stereocenters. The van der Waals surface area contributed by atoms with Gasteiger partial charge in [-0.3, -0.25) is 0 Å². The predicted octanol–water partition coefficient (Wildman–Crippen LogP) is 5.81. The van der Waals surface area contributed by atoms with Crippen LogP contribution in [0.4, 0.5) is 21.9 Å². The zero-order chi connectivity index (χ0) is 18.5. The number of amides is 2. The van der Waals surface area contributed by atoms with Gasteiger partial charge in [0, 0.05) is 18.3 Å². The van der Waals surface area contributed by atoms with E-state index in [4.69, 9.17) is 11.6 Å². The molecule has 3 aromatic carbocycles. The number of hydrogen-bond donors (Lipinski definition) is 3. The summed E-state index contributed by atoms with van der Waals surface area (Å²) in [6, 6.07) is 21.2. The first-order valence-corrected chi connectivity index (χ1v) is 8.66. The molecule has 0 fully saturated rings.